The Morgan fingerprint density at radius 1 is 1.39 bits per heavy atom. The number of aliphatic hydroxyl groups excluding tert-OH is 1. The molecule has 6 heteroatoms. The molecule has 5 nitrogen and oxygen atoms in total. The van der Waals surface area contributed by atoms with Crippen molar-refractivity contribution in [2.24, 2.45) is 0 Å². The lowest BCUT2D eigenvalue weighted by molar-refractivity contribution is 0.0950. The number of sulfone groups is 1. The summed E-state index contributed by atoms with van der Waals surface area (Å²) in [6, 6.07) is 4.46. The standard InChI is InChI=1S/C12H17NO4S/c1-9-4-5-10(18(2,16)17)8-11(9)12(15)13-6-3-7-14/h4-5,8,14H,3,6-7H2,1-2H3,(H,13,15). The van der Waals surface area contributed by atoms with E-state index in [1.54, 1.807) is 13.0 Å². The zero-order valence-electron chi connectivity index (χ0n) is 10.4. The van der Waals surface area contributed by atoms with E-state index in [1.807, 2.05) is 0 Å². The highest BCUT2D eigenvalue weighted by Crippen LogP contribution is 2.15. The van der Waals surface area contributed by atoms with Gasteiger partial charge in [0.15, 0.2) is 9.84 Å². The van der Waals surface area contributed by atoms with Crippen molar-refractivity contribution in [3.63, 3.8) is 0 Å². The first-order chi connectivity index (χ1) is 8.36. The van der Waals surface area contributed by atoms with Crippen LogP contribution in [0.1, 0.15) is 22.3 Å². The number of nitrogens with one attached hydrogen (secondary N) is 1. The first kappa shape index (κ1) is 14.7. The normalized spacial score (nSPS) is 11.3. The summed E-state index contributed by atoms with van der Waals surface area (Å²) < 4.78 is 22.8. The SMILES string of the molecule is Cc1ccc(S(C)(=O)=O)cc1C(=O)NCCCO. The van der Waals surface area contributed by atoms with Crippen molar-refractivity contribution in [1.82, 2.24) is 5.32 Å². The van der Waals surface area contributed by atoms with Gasteiger partial charge >= 0.3 is 0 Å². The number of aryl methyl sites for hydroxylation is 1. The second-order valence-electron chi connectivity index (χ2n) is 4.08. The summed E-state index contributed by atoms with van der Waals surface area (Å²) in [5.74, 6) is -0.327. The lowest BCUT2D eigenvalue weighted by atomic mass is 10.1. The molecule has 0 fully saturated rings. The first-order valence-corrected chi connectivity index (χ1v) is 7.45. The van der Waals surface area contributed by atoms with Crippen LogP contribution in [0.4, 0.5) is 0 Å². The van der Waals surface area contributed by atoms with Crippen LogP contribution in [0.2, 0.25) is 0 Å². The van der Waals surface area contributed by atoms with E-state index in [1.165, 1.54) is 12.1 Å². The number of carbonyl (C=O) groups is 1. The second kappa shape index (κ2) is 5.97. The molecule has 18 heavy (non-hydrogen) atoms. The van der Waals surface area contributed by atoms with Crippen LogP contribution in [0.15, 0.2) is 23.1 Å². The number of benzene rings is 1. The molecule has 2 N–H and O–H groups in total. The number of hydrogen-bond donors (Lipinski definition) is 2. The van der Waals surface area contributed by atoms with Crippen LogP contribution in [0.3, 0.4) is 0 Å². The molecule has 1 aromatic rings. The summed E-state index contributed by atoms with van der Waals surface area (Å²) >= 11 is 0. The van der Waals surface area contributed by atoms with E-state index in [0.29, 0.717) is 24.1 Å². The Morgan fingerprint density at radius 2 is 2.06 bits per heavy atom. The monoisotopic (exact) mass is 271 g/mol. The van der Waals surface area contributed by atoms with Gasteiger partial charge in [0.2, 0.25) is 0 Å². The molecule has 0 unspecified atom stereocenters. The molecule has 0 aliphatic heterocycles. The number of amides is 1. The van der Waals surface area contributed by atoms with Crippen LogP contribution in [0.25, 0.3) is 0 Å². The van der Waals surface area contributed by atoms with Gasteiger partial charge in [-0.05, 0) is 31.0 Å². The van der Waals surface area contributed by atoms with Crippen molar-refractivity contribution < 1.29 is 18.3 Å². The molecule has 0 atom stereocenters. The molecule has 1 amide bonds. The van der Waals surface area contributed by atoms with Gasteiger partial charge in [-0.3, -0.25) is 4.79 Å². The fraction of sp³-hybridized carbons (Fsp3) is 0.417. The van der Waals surface area contributed by atoms with Gasteiger partial charge in [0.1, 0.15) is 0 Å². The Bertz CT molecular complexity index is 537. The molecule has 0 radical (unpaired) electrons. The van der Waals surface area contributed by atoms with Gasteiger partial charge in [-0.15, -0.1) is 0 Å². The van der Waals surface area contributed by atoms with Crippen molar-refractivity contribution in [2.45, 2.75) is 18.2 Å². The topological polar surface area (TPSA) is 83.5 Å². The van der Waals surface area contributed by atoms with E-state index in [2.05, 4.69) is 5.32 Å². The number of carbonyl (C=O) groups excluding carboxylic acids is 1. The van der Waals surface area contributed by atoms with Gasteiger partial charge in [0, 0.05) is 25.0 Å². The minimum absolute atomic E-state index is 0.00262. The Hall–Kier alpha value is -1.40. The van der Waals surface area contributed by atoms with E-state index in [-0.39, 0.29) is 17.4 Å². The molecule has 100 valence electrons. The molecule has 0 saturated heterocycles. The number of aliphatic hydroxyl groups is 1. The Labute approximate surface area is 107 Å². The molecule has 0 aliphatic rings. The summed E-state index contributed by atoms with van der Waals surface area (Å²) in [6.07, 6.45) is 1.57. The lowest BCUT2D eigenvalue weighted by Crippen LogP contribution is -2.26. The minimum Gasteiger partial charge on any atom is -0.396 e. The molecular formula is C12H17NO4S. The minimum atomic E-state index is -3.32. The summed E-state index contributed by atoms with van der Waals surface area (Å²) in [5, 5.41) is 11.3. The van der Waals surface area contributed by atoms with Crippen LogP contribution < -0.4 is 5.32 Å². The van der Waals surface area contributed by atoms with E-state index in [0.717, 1.165) is 6.26 Å². The quantitative estimate of drug-likeness (QED) is 0.764. The maximum atomic E-state index is 11.8. The summed E-state index contributed by atoms with van der Waals surface area (Å²) in [6.45, 7) is 2.10. The van der Waals surface area contributed by atoms with E-state index in [4.69, 9.17) is 5.11 Å². The highest BCUT2D eigenvalue weighted by Gasteiger charge is 2.13. The van der Waals surface area contributed by atoms with Crippen LogP contribution in [-0.4, -0.2) is 38.8 Å². The van der Waals surface area contributed by atoms with Crippen molar-refractivity contribution in [1.29, 1.82) is 0 Å². The van der Waals surface area contributed by atoms with Gasteiger partial charge in [0.05, 0.1) is 4.90 Å². The highest BCUT2D eigenvalue weighted by atomic mass is 32.2. The van der Waals surface area contributed by atoms with Crippen LogP contribution >= 0.6 is 0 Å². The predicted octanol–water partition coefficient (Wildman–Crippen LogP) is 0.511. The number of hydrogen-bond acceptors (Lipinski definition) is 4. The highest BCUT2D eigenvalue weighted by molar-refractivity contribution is 7.90. The fourth-order valence-electron chi connectivity index (χ4n) is 1.45. The average Bonchev–Trinajstić information content (AvgIpc) is 2.28. The Morgan fingerprint density at radius 3 is 2.61 bits per heavy atom. The van der Waals surface area contributed by atoms with Crippen LogP contribution in [-0.2, 0) is 9.84 Å². The third kappa shape index (κ3) is 3.82. The van der Waals surface area contributed by atoms with Gasteiger partial charge < -0.3 is 10.4 Å². The first-order valence-electron chi connectivity index (χ1n) is 5.56. The molecule has 0 heterocycles. The van der Waals surface area contributed by atoms with E-state index < -0.39 is 9.84 Å². The van der Waals surface area contributed by atoms with E-state index in [9.17, 15) is 13.2 Å². The van der Waals surface area contributed by atoms with E-state index >= 15 is 0 Å². The third-order valence-corrected chi connectivity index (χ3v) is 3.61. The molecule has 0 aliphatic carbocycles. The molecular weight excluding hydrogens is 254 g/mol. The molecule has 0 saturated carbocycles. The largest absolute Gasteiger partial charge is 0.396 e. The van der Waals surface area contributed by atoms with Crippen molar-refractivity contribution in [2.75, 3.05) is 19.4 Å². The maximum Gasteiger partial charge on any atom is 0.251 e. The Balaban J connectivity index is 2.97. The summed E-state index contributed by atoms with van der Waals surface area (Å²) in [5.41, 5.74) is 1.06. The van der Waals surface area contributed by atoms with Gasteiger partial charge in [-0.2, -0.15) is 0 Å². The summed E-state index contributed by atoms with van der Waals surface area (Å²) in [4.78, 5) is 12.0. The predicted molar refractivity (Wildman–Crippen MR) is 68.3 cm³/mol. The average molecular weight is 271 g/mol. The van der Waals surface area contributed by atoms with Gasteiger partial charge in [-0.25, -0.2) is 8.42 Å². The van der Waals surface area contributed by atoms with Crippen LogP contribution in [0.5, 0.6) is 0 Å². The van der Waals surface area contributed by atoms with Gasteiger partial charge in [-0.1, -0.05) is 6.07 Å². The Kier molecular flexibility index (Phi) is 4.86. The number of rotatable bonds is 5. The molecule has 0 spiro atoms. The molecule has 0 bridgehead atoms. The molecule has 1 rings (SSSR count). The smallest absolute Gasteiger partial charge is 0.251 e. The van der Waals surface area contributed by atoms with Crippen LogP contribution in [0, 0.1) is 6.92 Å². The third-order valence-electron chi connectivity index (χ3n) is 2.50. The zero-order chi connectivity index (χ0) is 13.8. The second-order valence-corrected chi connectivity index (χ2v) is 6.10. The zero-order valence-corrected chi connectivity index (χ0v) is 11.3. The van der Waals surface area contributed by atoms with Gasteiger partial charge in [0.25, 0.3) is 5.91 Å². The summed E-state index contributed by atoms with van der Waals surface area (Å²) in [7, 11) is -3.32. The molecule has 0 aromatic heterocycles. The van der Waals surface area contributed by atoms with Crippen molar-refractivity contribution in [3.8, 4) is 0 Å². The van der Waals surface area contributed by atoms with Crippen molar-refractivity contribution >= 4 is 15.7 Å². The molecule has 1 aromatic carbocycles. The fourth-order valence-corrected chi connectivity index (χ4v) is 2.10. The lowest BCUT2D eigenvalue weighted by Gasteiger charge is -2.08. The van der Waals surface area contributed by atoms with Crippen molar-refractivity contribution in [3.05, 3.63) is 29.3 Å². The maximum absolute atomic E-state index is 11.8.